The van der Waals surface area contributed by atoms with Gasteiger partial charge in [0.05, 0.1) is 5.54 Å². The molecule has 1 amide bonds. The third-order valence-electron chi connectivity index (χ3n) is 4.43. The Labute approximate surface area is 146 Å². The van der Waals surface area contributed by atoms with Crippen molar-refractivity contribution >= 4 is 39.7 Å². The number of nitrogens with two attached hydrogens (primary N) is 1. The first-order valence-electron chi connectivity index (χ1n) is 7.82. The lowest BCUT2D eigenvalue weighted by molar-refractivity contribution is -0.128. The van der Waals surface area contributed by atoms with Crippen molar-refractivity contribution in [1.29, 1.82) is 0 Å². The minimum Gasteiger partial charge on any atom is -0.386 e. The second-order valence-corrected chi connectivity index (χ2v) is 7.24. The number of rotatable bonds is 4. The molecular weight excluding hydrogens is 332 g/mol. The van der Waals surface area contributed by atoms with Crippen molar-refractivity contribution in [2.45, 2.75) is 43.7 Å². The van der Waals surface area contributed by atoms with Crippen LogP contribution in [0.3, 0.4) is 0 Å². The molecule has 1 atom stereocenters. The quantitative estimate of drug-likeness (QED) is 0.789. The number of carbonyl (C=O) groups is 1. The van der Waals surface area contributed by atoms with Crippen molar-refractivity contribution in [3.05, 3.63) is 35.2 Å². The van der Waals surface area contributed by atoms with Crippen molar-refractivity contribution < 1.29 is 9.90 Å². The first-order valence-corrected chi connectivity index (χ1v) is 8.64. The van der Waals surface area contributed by atoms with Gasteiger partial charge in [-0.15, -0.1) is 23.7 Å². The molecule has 1 saturated carbocycles. The summed E-state index contributed by atoms with van der Waals surface area (Å²) in [5.74, 6) is -0.132. The fourth-order valence-corrected chi connectivity index (χ4v) is 4.09. The van der Waals surface area contributed by atoms with E-state index >= 15 is 0 Å². The van der Waals surface area contributed by atoms with E-state index in [0.717, 1.165) is 47.1 Å². The summed E-state index contributed by atoms with van der Waals surface area (Å²) in [6, 6.07) is 10.0. The normalized spacial score (nSPS) is 18.2. The summed E-state index contributed by atoms with van der Waals surface area (Å²) in [7, 11) is 0. The topological polar surface area (TPSA) is 75.4 Å². The van der Waals surface area contributed by atoms with Gasteiger partial charge >= 0.3 is 0 Å². The van der Waals surface area contributed by atoms with Crippen LogP contribution >= 0.6 is 23.7 Å². The van der Waals surface area contributed by atoms with Gasteiger partial charge in [0.15, 0.2) is 0 Å². The van der Waals surface area contributed by atoms with Crippen LogP contribution in [0.1, 0.15) is 43.1 Å². The van der Waals surface area contributed by atoms with Gasteiger partial charge < -0.3 is 16.2 Å². The Bertz CT molecular complexity index is 634. The lowest BCUT2D eigenvalue weighted by Gasteiger charge is -2.32. The van der Waals surface area contributed by atoms with Crippen LogP contribution in [-0.2, 0) is 4.79 Å². The Hall–Kier alpha value is -1.14. The number of carbonyl (C=O) groups excluding carboxylic acids is 1. The molecule has 1 aliphatic carbocycles. The number of aliphatic hydroxyl groups excluding tert-OH is 1. The molecule has 0 bridgehead atoms. The number of fused-ring (bicyclic) bond motifs is 1. The van der Waals surface area contributed by atoms with Gasteiger partial charge in [-0.1, -0.05) is 37.5 Å². The molecule has 1 aromatic heterocycles. The summed E-state index contributed by atoms with van der Waals surface area (Å²) < 4.78 is 1.14. The van der Waals surface area contributed by atoms with E-state index in [2.05, 4.69) is 5.32 Å². The molecule has 1 unspecified atom stereocenters. The lowest BCUT2D eigenvalue weighted by Crippen LogP contribution is -2.55. The van der Waals surface area contributed by atoms with Crippen LogP contribution in [-0.4, -0.2) is 23.1 Å². The summed E-state index contributed by atoms with van der Waals surface area (Å²) in [4.78, 5) is 13.2. The maximum absolute atomic E-state index is 12.3. The summed E-state index contributed by atoms with van der Waals surface area (Å²) in [5, 5.41) is 14.3. The van der Waals surface area contributed by atoms with Gasteiger partial charge in [0, 0.05) is 16.1 Å². The van der Waals surface area contributed by atoms with Crippen LogP contribution in [0.5, 0.6) is 0 Å². The number of aliphatic hydroxyl groups is 1. The summed E-state index contributed by atoms with van der Waals surface area (Å²) in [6.45, 7) is 0.213. The zero-order valence-corrected chi connectivity index (χ0v) is 14.6. The Morgan fingerprint density at radius 1 is 1.30 bits per heavy atom. The number of nitrogens with one attached hydrogen (secondary N) is 1. The highest BCUT2D eigenvalue weighted by Crippen LogP contribution is 2.30. The largest absolute Gasteiger partial charge is 0.386 e. The van der Waals surface area contributed by atoms with Gasteiger partial charge in [-0.05, 0) is 30.4 Å². The van der Waals surface area contributed by atoms with Crippen LogP contribution in [0.15, 0.2) is 30.3 Å². The minimum atomic E-state index is -0.752. The van der Waals surface area contributed by atoms with E-state index in [1.807, 2.05) is 30.3 Å². The Kier molecular flexibility index (Phi) is 6.03. The predicted octanol–water partition coefficient (Wildman–Crippen LogP) is 3.13. The van der Waals surface area contributed by atoms with E-state index in [9.17, 15) is 9.90 Å². The van der Waals surface area contributed by atoms with E-state index in [1.165, 1.54) is 0 Å². The highest BCUT2D eigenvalue weighted by atomic mass is 35.5. The van der Waals surface area contributed by atoms with Gasteiger partial charge in [0.25, 0.3) is 0 Å². The monoisotopic (exact) mass is 354 g/mol. The maximum Gasteiger partial charge on any atom is 0.240 e. The molecule has 1 heterocycles. The second-order valence-electron chi connectivity index (χ2n) is 6.13. The molecule has 2 aromatic rings. The molecule has 1 aromatic carbocycles. The molecule has 3 rings (SSSR count). The molecular formula is C17H23ClN2O2S. The molecule has 0 radical (unpaired) electrons. The third kappa shape index (κ3) is 4.04. The standard InChI is InChI=1S/C17H22N2O2S.ClH/c18-17(8-4-1-5-9-17)16(21)19-11-13(20)15-10-12-6-2-3-7-14(12)22-15;/h2-3,6-7,10,13,20H,1,4-5,8-9,11,18H2,(H,19,21);1H. The number of halogens is 1. The van der Waals surface area contributed by atoms with Crippen molar-refractivity contribution in [2.75, 3.05) is 6.54 Å². The highest BCUT2D eigenvalue weighted by molar-refractivity contribution is 7.19. The van der Waals surface area contributed by atoms with Crippen LogP contribution in [0, 0.1) is 0 Å². The molecule has 1 aliphatic rings. The minimum absolute atomic E-state index is 0. The van der Waals surface area contributed by atoms with E-state index in [0.29, 0.717) is 0 Å². The van der Waals surface area contributed by atoms with Crippen molar-refractivity contribution in [2.24, 2.45) is 5.73 Å². The molecule has 6 heteroatoms. The zero-order valence-electron chi connectivity index (χ0n) is 13.0. The summed E-state index contributed by atoms with van der Waals surface area (Å²) >= 11 is 1.56. The van der Waals surface area contributed by atoms with Gasteiger partial charge in [-0.25, -0.2) is 0 Å². The second kappa shape index (κ2) is 7.62. The first-order chi connectivity index (χ1) is 10.6. The number of thiophene rings is 1. The average Bonchev–Trinajstić information content (AvgIpc) is 2.97. The maximum atomic E-state index is 12.3. The Morgan fingerprint density at radius 2 is 2.00 bits per heavy atom. The van der Waals surface area contributed by atoms with Crippen molar-refractivity contribution in [1.82, 2.24) is 5.32 Å². The molecule has 1 fully saturated rings. The number of amides is 1. The van der Waals surface area contributed by atoms with Crippen LogP contribution in [0.2, 0.25) is 0 Å². The zero-order chi connectivity index (χ0) is 15.6. The predicted molar refractivity (Wildman–Crippen MR) is 97.0 cm³/mol. The lowest BCUT2D eigenvalue weighted by atomic mass is 9.82. The average molecular weight is 355 g/mol. The van der Waals surface area contributed by atoms with Gasteiger partial charge in [0.1, 0.15) is 6.10 Å². The van der Waals surface area contributed by atoms with E-state index in [-0.39, 0.29) is 24.9 Å². The van der Waals surface area contributed by atoms with Crippen LogP contribution < -0.4 is 11.1 Å². The molecule has 0 aliphatic heterocycles. The number of hydrogen-bond acceptors (Lipinski definition) is 4. The van der Waals surface area contributed by atoms with Gasteiger partial charge in [0.2, 0.25) is 5.91 Å². The van der Waals surface area contributed by atoms with Gasteiger partial charge in [-0.2, -0.15) is 0 Å². The Balaban J connectivity index is 0.00000192. The SMILES string of the molecule is Cl.NC1(C(=O)NCC(O)c2cc3ccccc3s2)CCCCC1. The molecule has 4 N–H and O–H groups in total. The molecule has 23 heavy (non-hydrogen) atoms. The van der Waals surface area contributed by atoms with E-state index in [4.69, 9.17) is 5.73 Å². The molecule has 4 nitrogen and oxygen atoms in total. The number of hydrogen-bond donors (Lipinski definition) is 3. The van der Waals surface area contributed by atoms with E-state index < -0.39 is 11.6 Å². The molecule has 0 saturated heterocycles. The highest BCUT2D eigenvalue weighted by Gasteiger charge is 2.35. The number of benzene rings is 1. The fourth-order valence-electron chi connectivity index (χ4n) is 3.04. The first kappa shape index (κ1) is 18.2. The fraction of sp³-hybridized carbons (Fsp3) is 0.471. The third-order valence-corrected chi connectivity index (χ3v) is 5.64. The summed E-state index contributed by atoms with van der Waals surface area (Å²) in [5.41, 5.74) is 5.45. The Morgan fingerprint density at radius 3 is 2.70 bits per heavy atom. The van der Waals surface area contributed by atoms with E-state index in [1.54, 1.807) is 11.3 Å². The van der Waals surface area contributed by atoms with Crippen molar-refractivity contribution in [3.8, 4) is 0 Å². The smallest absolute Gasteiger partial charge is 0.240 e. The van der Waals surface area contributed by atoms with Crippen LogP contribution in [0.4, 0.5) is 0 Å². The van der Waals surface area contributed by atoms with Crippen LogP contribution in [0.25, 0.3) is 10.1 Å². The molecule has 0 spiro atoms. The van der Waals surface area contributed by atoms with Gasteiger partial charge in [-0.3, -0.25) is 4.79 Å². The summed E-state index contributed by atoms with van der Waals surface area (Å²) in [6.07, 6.45) is 3.94. The molecule has 126 valence electrons. The van der Waals surface area contributed by atoms with Crippen molar-refractivity contribution in [3.63, 3.8) is 0 Å².